The fourth-order valence-electron chi connectivity index (χ4n) is 4.32. The minimum absolute atomic E-state index is 0.218. The van der Waals surface area contributed by atoms with Crippen LogP contribution in [0.15, 0.2) is 60.7 Å². The average Bonchev–Trinajstić information content (AvgIpc) is 3.31. The lowest BCUT2D eigenvalue weighted by molar-refractivity contribution is 0.0703. The number of anilines is 2. The Hall–Kier alpha value is -4.17. The lowest BCUT2D eigenvalue weighted by Gasteiger charge is -2.35. The summed E-state index contributed by atoms with van der Waals surface area (Å²) < 4.78 is 4.61. The Kier molecular flexibility index (Phi) is 4.68. The maximum atomic E-state index is 13.6. The highest BCUT2D eigenvalue weighted by molar-refractivity contribution is 6.13. The maximum Gasteiger partial charge on any atom is 0.413 e. The first-order valence-electron chi connectivity index (χ1n) is 10.4. The van der Waals surface area contributed by atoms with Gasteiger partial charge in [-0.2, -0.15) is 0 Å². The molecule has 1 aliphatic rings. The van der Waals surface area contributed by atoms with Gasteiger partial charge in [0.1, 0.15) is 0 Å². The summed E-state index contributed by atoms with van der Waals surface area (Å²) in [7, 11) is 1.27. The quantitative estimate of drug-likeness (QED) is 0.441. The number of nitrogens with one attached hydrogen (secondary N) is 2. The predicted molar refractivity (Wildman–Crippen MR) is 124 cm³/mol. The summed E-state index contributed by atoms with van der Waals surface area (Å²) in [5, 5.41) is 14.7. The van der Waals surface area contributed by atoms with Crippen LogP contribution in [0.25, 0.3) is 11.0 Å². The molecule has 8 nitrogen and oxygen atoms in total. The second-order valence-corrected chi connectivity index (χ2v) is 8.08. The molecule has 1 atom stereocenters. The highest BCUT2D eigenvalue weighted by Gasteiger charge is 2.51. The summed E-state index contributed by atoms with van der Waals surface area (Å²) in [5.74, 6) is -0.0627. The van der Waals surface area contributed by atoms with Crippen molar-refractivity contribution in [2.75, 3.05) is 17.3 Å². The molecule has 3 aromatic carbocycles. The minimum atomic E-state index is -1.74. The number of amides is 2. The van der Waals surface area contributed by atoms with E-state index in [1.54, 1.807) is 42.5 Å². The SMILES string of the molecule is COC(=O)Nc1nc2cc(C3(O)c4ccccc4C(=O)N3c3cc(C)ccc3C)ccc2[nH]1. The number of carbonyl (C=O) groups excluding carboxylic acids is 2. The molecule has 0 fully saturated rings. The van der Waals surface area contributed by atoms with E-state index in [0.717, 1.165) is 11.1 Å². The van der Waals surface area contributed by atoms with Crippen molar-refractivity contribution in [1.29, 1.82) is 0 Å². The Morgan fingerprint density at radius 3 is 2.70 bits per heavy atom. The Balaban J connectivity index is 1.70. The van der Waals surface area contributed by atoms with Crippen molar-refractivity contribution in [2.24, 2.45) is 0 Å². The van der Waals surface area contributed by atoms with Crippen LogP contribution >= 0.6 is 0 Å². The van der Waals surface area contributed by atoms with Crippen molar-refractivity contribution in [3.8, 4) is 0 Å². The largest absolute Gasteiger partial charge is 0.453 e. The van der Waals surface area contributed by atoms with Gasteiger partial charge in [0.2, 0.25) is 5.95 Å². The zero-order valence-electron chi connectivity index (χ0n) is 18.3. The van der Waals surface area contributed by atoms with Gasteiger partial charge in [-0.25, -0.2) is 9.78 Å². The number of H-pyrrole nitrogens is 1. The average molecular weight is 442 g/mol. The van der Waals surface area contributed by atoms with E-state index in [4.69, 9.17) is 0 Å². The second kappa shape index (κ2) is 7.46. The molecule has 4 aromatic rings. The van der Waals surface area contributed by atoms with Crippen LogP contribution in [0.1, 0.15) is 32.6 Å². The first kappa shape index (κ1) is 20.7. The lowest BCUT2D eigenvalue weighted by Crippen LogP contribution is -2.45. The summed E-state index contributed by atoms with van der Waals surface area (Å²) in [4.78, 5) is 33.9. The van der Waals surface area contributed by atoms with Crippen LogP contribution < -0.4 is 10.2 Å². The van der Waals surface area contributed by atoms with E-state index >= 15 is 0 Å². The normalized spacial score (nSPS) is 17.3. The van der Waals surface area contributed by atoms with E-state index in [1.807, 2.05) is 32.0 Å². The van der Waals surface area contributed by atoms with Crippen LogP contribution in [0.4, 0.5) is 16.4 Å². The van der Waals surface area contributed by atoms with Gasteiger partial charge in [0.25, 0.3) is 5.91 Å². The molecule has 3 N–H and O–H groups in total. The molecule has 1 aliphatic heterocycles. The molecule has 5 rings (SSSR count). The summed E-state index contributed by atoms with van der Waals surface area (Å²) in [6.07, 6.45) is -0.649. The lowest BCUT2D eigenvalue weighted by atomic mass is 9.93. The third-order valence-corrected chi connectivity index (χ3v) is 5.96. The molecule has 166 valence electrons. The van der Waals surface area contributed by atoms with Gasteiger partial charge in [-0.3, -0.25) is 15.0 Å². The van der Waals surface area contributed by atoms with Crippen molar-refractivity contribution in [1.82, 2.24) is 9.97 Å². The third-order valence-electron chi connectivity index (χ3n) is 5.96. The van der Waals surface area contributed by atoms with Gasteiger partial charge in [0.15, 0.2) is 5.72 Å². The molecular weight excluding hydrogens is 420 g/mol. The van der Waals surface area contributed by atoms with Gasteiger partial charge in [-0.1, -0.05) is 36.4 Å². The number of methoxy groups -OCH3 is 1. The van der Waals surface area contributed by atoms with Gasteiger partial charge in [-0.15, -0.1) is 0 Å². The number of hydrogen-bond donors (Lipinski definition) is 3. The highest BCUT2D eigenvalue weighted by Crippen LogP contribution is 2.46. The van der Waals surface area contributed by atoms with Gasteiger partial charge in [-0.05, 0) is 49.2 Å². The first-order chi connectivity index (χ1) is 15.8. The molecule has 0 spiro atoms. The fraction of sp³-hybridized carbons (Fsp3) is 0.160. The number of nitrogens with zero attached hydrogens (tertiary/aromatic N) is 2. The first-order valence-corrected chi connectivity index (χ1v) is 10.4. The van der Waals surface area contributed by atoms with E-state index in [9.17, 15) is 14.7 Å². The van der Waals surface area contributed by atoms with Gasteiger partial charge in [0, 0.05) is 16.7 Å². The Morgan fingerprint density at radius 2 is 1.91 bits per heavy atom. The van der Waals surface area contributed by atoms with Crippen LogP contribution in [-0.4, -0.2) is 34.2 Å². The van der Waals surface area contributed by atoms with E-state index < -0.39 is 11.8 Å². The Bertz CT molecular complexity index is 1430. The molecule has 2 amide bonds. The second-order valence-electron chi connectivity index (χ2n) is 8.08. The third kappa shape index (κ3) is 3.15. The number of aromatic amines is 1. The molecular formula is C25H22N4O4. The Morgan fingerprint density at radius 1 is 1.12 bits per heavy atom. The standard InChI is InChI=1S/C25H22N4O4/c1-14-8-9-15(2)21(12-14)29-22(30)17-6-4-5-7-18(17)25(29,32)16-10-11-19-20(13-16)27-23(26-19)28-24(31)33-3/h4-13,32H,1-3H3,(H2,26,27,28,31). The molecule has 1 aromatic heterocycles. The number of ether oxygens (including phenoxy) is 1. The van der Waals surface area contributed by atoms with E-state index in [1.165, 1.54) is 12.0 Å². The number of fused-ring (bicyclic) bond motifs is 2. The van der Waals surface area contributed by atoms with Crippen molar-refractivity contribution < 1.29 is 19.4 Å². The van der Waals surface area contributed by atoms with E-state index in [-0.39, 0.29) is 11.9 Å². The molecule has 1 unspecified atom stereocenters. The fourth-order valence-corrected chi connectivity index (χ4v) is 4.32. The predicted octanol–water partition coefficient (Wildman–Crippen LogP) is 4.21. The minimum Gasteiger partial charge on any atom is -0.453 e. The monoisotopic (exact) mass is 442 g/mol. The number of benzene rings is 3. The summed E-state index contributed by atoms with van der Waals surface area (Å²) in [5.41, 5.74) is 3.33. The van der Waals surface area contributed by atoms with Crippen molar-refractivity contribution in [3.05, 3.63) is 88.5 Å². The number of aryl methyl sites for hydroxylation is 2. The van der Waals surface area contributed by atoms with E-state index in [2.05, 4.69) is 20.0 Å². The number of rotatable bonds is 3. The molecule has 2 heterocycles. The summed E-state index contributed by atoms with van der Waals surface area (Å²) in [6.45, 7) is 3.86. The van der Waals surface area contributed by atoms with Crippen LogP contribution in [-0.2, 0) is 10.5 Å². The van der Waals surface area contributed by atoms with Gasteiger partial charge < -0.3 is 14.8 Å². The highest BCUT2D eigenvalue weighted by atomic mass is 16.5. The van der Waals surface area contributed by atoms with Gasteiger partial charge >= 0.3 is 6.09 Å². The topological polar surface area (TPSA) is 108 Å². The summed E-state index contributed by atoms with van der Waals surface area (Å²) in [6, 6.07) is 18.1. The Labute approximate surface area is 189 Å². The van der Waals surface area contributed by atoms with Crippen molar-refractivity contribution in [2.45, 2.75) is 19.6 Å². The molecule has 0 saturated carbocycles. The zero-order chi connectivity index (χ0) is 23.3. The summed E-state index contributed by atoms with van der Waals surface area (Å²) >= 11 is 0. The number of carbonyl (C=O) groups is 2. The van der Waals surface area contributed by atoms with Crippen LogP contribution in [0.5, 0.6) is 0 Å². The number of hydrogen-bond acceptors (Lipinski definition) is 5. The van der Waals surface area contributed by atoms with E-state index in [0.29, 0.717) is 33.4 Å². The molecule has 0 saturated heterocycles. The van der Waals surface area contributed by atoms with Crippen molar-refractivity contribution in [3.63, 3.8) is 0 Å². The molecule has 0 radical (unpaired) electrons. The smallest absolute Gasteiger partial charge is 0.413 e. The molecule has 0 aliphatic carbocycles. The molecule has 33 heavy (non-hydrogen) atoms. The molecule has 0 bridgehead atoms. The van der Waals surface area contributed by atoms with Gasteiger partial charge in [0.05, 0.1) is 23.8 Å². The van der Waals surface area contributed by atoms with Crippen LogP contribution in [0.2, 0.25) is 0 Å². The number of imidazole rings is 1. The number of aromatic nitrogens is 2. The van der Waals surface area contributed by atoms with Crippen molar-refractivity contribution >= 4 is 34.7 Å². The zero-order valence-corrected chi connectivity index (χ0v) is 18.3. The maximum absolute atomic E-state index is 13.6. The van der Waals surface area contributed by atoms with Crippen LogP contribution in [0, 0.1) is 13.8 Å². The molecule has 8 heteroatoms. The number of aliphatic hydroxyl groups is 1. The van der Waals surface area contributed by atoms with Crippen LogP contribution in [0.3, 0.4) is 0 Å².